The summed E-state index contributed by atoms with van der Waals surface area (Å²) in [6, 6.07) is 5.03. The summed E-state index contributed by atoms with van der Waals surface area (Å²) in [5.41, 5.74) is 2.55. The molecule has 0 spiro atoms. The molecule has 1 aromatic heterocycles. The van der Waals surface area contributed by atoms with E-state index < -0.39 is 0 Å². The normalized spacial score (nSPS) is 10.2. The zero-order valence-electron chi connectivity index (χ0n) is 14.7. The molecule has 2 rings (SSSR count). The summed E-state index contributed by atoms with van der Waals surface area (Å²) in [5.74, 6) is 1.22. The molecule has 0 radical (unpaired) electrons. The Kier molecular flexibility index (Phi) is 5.99. The standard InChI is InChI=1S/C17H22N4O4/c1-10-11(2)20-21-16(22)13(10)9-19-17(23)18-8-12-5-6-14(24-3)15(7-12)25-4/h5-7H,8-9H2,1-4H3,(H,21,22)(H2,18,19,23). The Labute approximate surface area is 145 Å². The second kappa shape index (κ2) is 8.18. The van der Waals surface area contributed by atoms with E-state index >= 15 is 0 Å². The number of aryl methyl sites for hydroxylation is 1. The summed E-state index contributed by atoms with van der Waals surface area (Å²) in [4.78, 5) is 23.8. The number of nitrogens with zero attached hydrogens (tertiary/aromatic N) is 1. The molecule has 2 amide bonds. The van der Waals surface area contributed by atoms with E-state index in [9.17, 15) is 9.59 Å². The minimum Gasteiger partial charge on any atom is -0.493 e. The molecule has 1 heterocycles. The number of hydrogen-bond acceptors (Lipinski definition) is 5. The highest BCUT2D eigenvalue weighted by Gasteiger charge is 2.10. The molecular weight excluding hydrogens is 324 g/mol. The first-order valence-electron chi connectivity index (χ1n) is 7.73. The van der Waals surface area contributed by atoms with Crippen LogP contribution in [0.3, 0.4) is 0 Å². The molecule has 25 heavy (non-hydrogen) atoms. The van der Waals surface area contributed by atoms with Crippen LogP contribution in [0.1, 0.15) is 22.4 Å². The predicted molar refractivity (Wildman–Crippen MR) is 93.0 cm³/mol. The topological polar surface area (TPSA) is 105 Å². The third-order valence-electron chi connectivity index (χ3n) is 3.92. The number of methoxy groups -OCH3 is 2. The molecular formula is C17H22N4O4. The van der Waals surface area contributed by atoms with E-state index in [1.807, 2.05) is 6.07 Å². The maximum absolute atomic E-state index is 12.0. The van der Waals surface area contributed by atoms with E-state index in [4.69, 9.17) is 9.47 Å². The maximum Gasteiger partial charge on any atom is 0.315 e. The van der Waals surface area contributed by atoms with E-state index in [0.717, 1.165) is 16.8 Å². The maximum atomic E-state index is 12.0. The van der Waals surface area contributed by atoms with Crippen molar-refractivity contribution in [2.24, 2.45) is 0 Å². The highest BCUT2D eigenvalue weighted by atomic mass is 16.5. The number of H-pyrrole nitrogens is 1. The first-order chi connectivity index (χ1) is 12.0. The van der Waals surface area contributed by atoms with Gasteiger partial charge in [0.25, 0.3) is 5.56 Å². The number of aromatic amines is 1. The Hall–Kier alpha value is -3.03. The largest absolute Gasteiger partial charge is 0.493 e. The third-order valence-corrected chi connectivity index (χ3v) is 3.92. The van der Waals surface area contributed by atoms with Crippen LogP contribution in [-0.2, 0) is 13.1 Å². The van der Waals surface area contributed by atoms with Crippen LogP contribution < -0.4 is 25.7 Å². The molecule has 0 unspecified atom stereocenters. The number of urea groups is 1. The summed E-state index contributed by atoms with van der Waals surface area (Å²) >= 11 is 0. The van der Waals surface area contributed by atoms with Crippen molar-refractivity contribution in [2.45, 2.75) is 26.9 Å². The minimum absolute atomic E-state index is 0.127. The molecule has 134 valence electrons. The highest BCUT2D eigenvalue weighted by molar-refractivity contribution is 5.73. The van der Waals surface area contributed by atoms with Gasteiger partial charge in [0.1, 0.15) is 0 Å². The Morgan fingerprint density at radius 2 is 1.80 bits per heavy atom. The van der Waals surface area contributed by atoms with Crippen LogP contribution in [0.15, 0.2) is 23.0 Å². The van der Waals surface area contributed by atoms with Crippen molar-refractivity contribution in [3.05, 3.63) is 50.9 Å². The van der Waals surface area contributed by atoms with Crippen molar-refractivity contribution < 1.29 is 14.3 Å². The van der Waals surface area contributed by atoms with E-state index in [1.165, 1.54) is 0 Å². The molecule has 8 nitrogen and oxygen atoms in total. The third kappa shape index (κ3) is 4.50. The average Bonchev–Trinajstić information content (AvgIpc) is 2.62. The molecule has 0 bridgehead atoms. The van der Waals surface area contributed by atoms with Gasteiger partial charge in [0, 0.05) is 12.1 Å². The lowest BCUT2D eigenvalue weighted by Gasteiger charge is -2.11. The number of rotatable bonds is 6. The number of carbonyl (C=O) groups is 1. The van der Waals surface area contributed by atoms with Gasteiger partial charge in [-0.2, -0.15) is 5.10 Å². The number of hydrogen-bond donors (Lipinski definition) is 3. The molecule has 0 fully saturated rings. The lowest BCUT2D eigenvalue weighted by atomic mass is 10.1. The number of nitrogens with one attached hydrogen (secondary N) is 3. The highest BCUT2D eigenvalue weighted by Crippen LogP contribution is 2.27. The zero-order valence-corrected chi connectivity index (χ0v) is 14.7. The van der Waals surface area contributed by atoms with Crippen LogP contribution in [0, 0.1) is 13.8 Å². The van der Waals surface area contributed by atoms with Crippen LogP contribution in [-0.4, -0.2) is 30.4 Å². The fraction of sp³-hybridized carbons (Fsp3) is 0.353. The first kappa shape index (κ1) is 18.3. The van der Waals surface area contributed by atoms with Crippen LogP contribution in [0.25, 0.3) is 0 Å². The van der Waals surface area contributed by atoms with Crippen LogP contribution in [0.2, 0.25) is 0 Å². The molecule has 0 saturated heterocycles. The summed E-state index contributed by atoms with van der Waals surface area (Å²) in [6.45, 7) is 4.04. The molecule has 3 N–H and O–H groups in total. The van der Waals surface area contributed by atoms with Gasteiger partial charge in [-0.3, -0.25) is 4.79 Å². The van der Waals surface area contributed by atoms with Gasteiger partial charge in [0.15, 0.2) is 11.5 Å². The SMILES string of the molecule is COc1ccc(CNC(=O)NCc2c(C)c(C)n[nH]c2=O)cc1OC. The lowest BCUT2D eigenvalue weighted by molar-refractivity contribution is 0.240. The Bertz CT molecular complexity index is 817. The molecule has 1 aromatic carbocycles. The van der Waals surface area contributed by atoms with E-state index in [1.54, 1.807) is 40.2 Å². The Balaban J connectivity index is 1.94. The monoisotopic (exact) mass is 346 g/mol. The van der Waals surface area contributed by atoms with Crippen molar-refractivity contribution in [2.75, 3.05) is 14.2 Å². The van der Waals surface area contributed by atoms with Crippen LogP contribution in [0.5, 0.6) is 11.5 Å². The van der Waals surface area contributed by atoms with Gasteiger partial charge in [0.2, 0.25) is 0 Å². The van der Waals surface area contributed by atoms with Crippen LogP contribution in [0.4, 0.5) is 4.79 Å². The summed E-state index contributed by atoms with van der Waals surface area (Å²) < 4.78 is 10.4. The van der Waals surface area contributed by atoms with Gasteiger partial charge in [0.05, 0.1) is 26.5 Å². The van der Waals surface area contributed by atoms with E-state index in [2.05, 4.69) is 20.8 Å². The first-order valence-corrected chi connectivity index (χ1v) is 7.73. The zero-order chi connectivity index (χ0) is 18.4. The Morgan fingerprint density at radius 1 is 1.12 bits per heavy atom. The van der Waals surface area contributed by atoms with Crippen molar-refractivity contribution in [3.63, 3.8) is 0 Å². The van der Waals surface area contributed by atoms with Gasteiger partial charge in [-0.25, -0.2) is 9.89 Å². The number of ether oxygens (including phenoxy) is 2. The average molecular weight is 346 g/mol. The molecule has 0 aliphatic carbocycles. The van der Waals surface area contributed by atoms with Gasteiger partial charge < -0.3 is 20.1 Å². The predicted octanol–water partition coefficient (Wildman–Crippen LogP) is 1.40. The molecule has 8 heteroatoms. The Morgan fingerprint density at radius 3 is 2.48 bits per heavy atom. The molecule has 0 aliphatic rings. The molecule has 2 aromatic rings. The number of benzene rings is 1. The van der Waals surface area contributed by atoms with E-state index in [-0.39, 0.29) is 18.1 Å². The van der Waals surface area contributed by atoms with Crippen molar-refractivity contribution in [1.29, 1.82) is 0 Å². The fourth-order valence-electron chi connectivity index (χ4n) is 2.29. The molecule has 0 atom stereocenters. The number of amides is 2. The summed E-state index contributed by atoms with van der Waals surface area (Å²) in [7, 11) is 3.12. The number of aromatic nitrogens is 2. The fourth-order valence-corrected chi connectivity index (χ4v) is 2.29. The van der Waals surface area contributed by atoms with Gasteiger partial charge in [-0.05, 0) is 37.1 Å². The van der Waals surface area contributed by atoms with Gasteiger partial charge in [-0.15, -0.1) is 0 Å². The molecule has 0 saturated carbocycles. The second-order valence-corrected chi connectivity index (χ2v) is 5.47. The van der Waals surface area contributed by atoms with Gasteiger partial charge in [-0.1, -0.05) is 6.07 Å². The van der Waals surface area contributed by atoms with Gasteiger partial charge >= 0.3 is 6.03 Å². The van der Waals surface area contributed by atoms with Crippen LogP contribution >= 0.6 is 0 Å². The molecule has 0 aliphatic heterocycles. The quantitative estimate of drug-likeness (QED) is 0.733. The number of carbonyl (C=O) groups excluding carboxylic acids is 1. The lowest BCUT2D eigenvalue weighted by Crippen LogP contribution is -2.36. The van der Waals surface area contributed by atoms with Crippen molar-refractivity contribution in [1.82, 2.24) is 20.8 Å². The van der Waals surface area contributed by atoms with E-state index in [0.29, 0.717) is 23.6 Å². The summed E-state index contributed by atoms with van der Waals surface area (Å²) in [6.07, 6.45) is 0. The second-order valence-electron chi connectivity index (χ2n) is 5.47. The van der Waals surface area contributed by atoms with Crippen molar-refractivity contribution in [3.8, 4) is 11.5 Å². The minimum atomic E-state index is -0.372. The smallest absolute Gasteiger partial charge is 0.315 e. The van der Waals surface area contributed by atoms with Crippen molar-refractivity contribution >= 4 is 6.03 Å². The summed E-state index contributed by atoms with van der Waals surface area (Å²) in [5, 5.41) is 11.7.